The van der Waals surface area contributed by atoms with E-state index in [-0.39, 0.29) is 12.0 Å². The highest BCUT2D eigenvalue weighted by Gasteiger charge is 2.33. The van der Waals surface area contributed by atoms with Gasteiger partial charge in [0.15, 0.2) is 0 Å². The third-order valence-corrected chi connectivity index (χ3v) is 6.15. The van der Waals surface area contributed by atoms with E-state index in [9.17, 15) is 18.0 Å². The second-order valence-electron chi connectivity index (χ2n) is 6.94. The minimum Gasteiger partial charge on any atom is -0.497 e. The molecule has 0 saturated heterocycles. The van der Waals surface area contributed by atoms with Gasteiger partial charge in [-0.2, -0.15) is 0 Å². The molecular formula is C22H24N2O6S. The lowest BCUT2D eigenvalue weighted by Gasteiger charge is -2.30. The standard InChI is InChI=1S/C22H24N2O6S/c1-5-19(24(31(4,27)28)15-9-8-10-16(13-15)29-2)21(25)23-14-18(22(26)30-3)17-11-6-7-12-20(17)23/h6-14,19H,5H2,1-4H3/t19-/m0/s1. The maximum absolute atomic E-state index is 13.6. The lowest BCUT2D eigenvalue weighted by molar-refractivity contribution is 0.0603. The van der Waals surface area contributed by atoms with E-state index in [0.29, 0.717) is 22.3 Å². The monoisotopic (exact) mass is 444 g/mol. The van der Waals surface area contributed by atoms with Gasteiger partial charge in [0.25, 0.3) is 5.91 Å². The molecule has 164 valence electrons. The number of benzene rings is 2. The molecule has 3 aromatic rings. The van der Waals surface area contributed by atoms with Gasteiger partial charge in [0.2, 0.25) is 10.0 Å². The number of carbonyl (C=O) groups is 2. The van der Waals surface area contributed by atoms with Crippen LogP contribution in [0.15, 0.2) is 54.7 Å². The summed E-state index contributed by atoms with van der Waals surface area (Å²) in [5.74, 6) is -0.599. The first-order valence-corrected chi connectivity index (χ1v) is 11.4. The molecule has 1 atom stereocenters. The fraction of sp³-hybridized carbons (Fsp3) is 0.273. The molecule has 0 aliphatic heterocycles. The van der Waals surface area contributed by atoms with Crippen molar-refractivity contribution in [2.24, 2.45) is 0 Å². The van der Waals surface area contributed by atoms with Gasteiger partial charge in [-0.1, -0.05) is 31.2 Å². The summed E-state index contributed by atoms with van der Waals surface area (Å²) in [6.45, 7) is 1.73. The van der Waals surface area contributed by atoms with E-state index in [4.69, 9.17) is 9.47 Å². The van der Waals surface area contributed by atoms with E-state index in [0.717, 1.165) is 10.6 Å². The Morgan fingerprint density at radius 2 is 1.81 bits per heavy atom. The Bertz CT molecular complexity index is 1230. The number of hydrogen-bond donors (Lipinski definition) is 0. The fourth-order valence-corrected chi connectivity index (χ4v) is 4.78. The first-order chi connectivity index (χ1) is 14.7. The summed E-state index contributed by atoms with van der Waals surface area (Å²) in [5.41, 5.74) is 1.03. The summed E-state index contributed by atoms with van der Waals surface area (Å²) in [6, 6.07) is 12.4. The number of sulfonamides is 1. The lowest BCUT2D eigenvalue weighted by atomic mass is 10.1. The van der Waals surface area contributed by atoms with Gasteiger partial charge in [0.05, 0.1) is 37.2 Å². The molecule has 0 amide bonds. The molecule has 0 radical (unpaired) electrons. The Labute approximate surface area is 181 Å². The molecule has 3 rings (SSSR count). The molecular weight excluding hydrogens is 420 g/mol. The number of aromatic nitrogens is 1. The minimum absolute atomic E-state index is 0.211. The van der Waals surface area contributed by atoms with Crippen molar-refractivity contribution in [2.45, 2.75) is 19.4 Å². The van der Waals surface area contributed by atoms with Crippen LogP contribution in [0.2, 0.25) is 0 Å². The molecule has 0 aliphatic carbocycles. The van der Waals surface area contributed by atoms with Gasteiger partial charge in [-0.05, 0) is 24.6 Å². The summed E-state index contributed by atoms with van der Waals surface area (Å²) >= 11 is 0. The number of nitrogens with zero attached hydrogens (tertiary/aromatic N) is 2. The summed E-state index contributed by atoms with van der Waals surface area (Å²) in [7, 11) is -1.08. The van der Waals surface area contributed by atoms with Gasteiger partial charge in [0.1, 0.15) is 11.8 Å². The van der Waals surface area contributed by atoms with Crippen molar-refractivity contribution >= 4 is 38.5 Å². The number of methoxy groups -OCH3 is 2. The maximum Gasteiger partial charge on any atom is 0.340 e. The van der Waals surface area contributed by atoms with Gasteiger partial charge in [-0.25, -0.2) is 13.2 Å². The Balaban J connectivity index is 2.16. The topological polar surface area (TPSA) is 94.9 Å². The maximum atomic E-state index is 13.6. The van der Waals surface area contributed by atoms with Crippen LogP contribution in [0.5, 0.6) is 5.75 Å². The van der Waals surface area contributed by atoms with Crippen LogP contribution in [0.3, 0.4) is 0 Å². The third kappa shape index (κ3) is 4.27. The average Bonchev–Trinajstić information content (AvgIpc) is 3.15. The van der Waals surface area contributed by atoms with Crippen molar-refractivity contribution < 1.29 is 27.5 Å². The predicted molar refractivity (Wildman–Crippen MR) is 118 cm³/mol. The Kier molecular flexibility index (Phi) is 6.35. The molecule has 0 aliphatic rings. The first-order valence-electron chi connectivity index (χ1n) is 9.59. The fourth-order valence-electron chi connectivity index (χ4n) is 3.59. The zero-order valence-electron chi connectivity index (χ0n) is 17.7. The van der Waals surface area contributed by atoms with E-state index in [1.165, 1.54) is 25.0 Å². The normalized spacial score (nSPS) is 12.4. The zero-order valence-corrected chi connectivity index (χ0v) is 18.5. The van der Waals surface area contributed by atoms with E-state index in [2.05, 4.69) is 0 Å². The summed E-state index contributed by atoms with van der Waals surface area (Å²) in [4.78, 5) is 25.8. The van der Waals surface area contributed by atoms with Crippen LogP contribution in [0.25, 0.3) is 10.9 Å². The molecule has 0 bridgehead atoms. The van der Waals surface area contributed by atoms with Crippen molar-refractivity contribution in [3.05, 3.63) is 60.3 Å². The summed E-state index contributed by atoms with van der Waals surface area (Å²) in [5, 5.41) is 0.546. The second kappa shape index (κ2) is 8.81. The number of fused-ring (bicyclic) bond motifs is 1. The quantitative estimate of drug-likeness (QED) is 0.519. The SMILES string of the molecule is CC[C@@H](C(=O)n1cc(C(=O)OC)c2ccccc21)N(c1cccc(OC)c1)S(C)(=O)=O. The molecule has 0 fully saturated rings. The number of ether oxygens (including phenoxy) is 2. The van der Waals surface area contributed by atoms with E-state index < -0.39 is 27.9 Å². The highest BCUT2D eigenvalue weighted by atomic mass is 32.2. The molecule has 1 heterocycles. The van der Waals surface area contributed by atoms with Crippen molar-refractivity contribution in [3.8, 4) is 5.75 Å². The van der Waals surface area contributed by atoms with Crippen LogP contribution in [-0.2, 0) is 14.8 Å². The first kappa shape index (κ1) is 22.4. The number of anilines is 1. The smallest absolute Gasteiger partial charge is 0.340 e. The van der Waals surface area contributed by atoms with E-state index >= 15 is 0 Å². The molecule has 0 saturated carbocycles. The van der Waals surface area contributed by atoms with Gasteiger partial charge in [-0.15, -0.1) is 0 Å². The molecule has 0 N–H and O–H groups in total. The van der Waals surface area contributed by atoms with Crippen LogP contribution >= 0.6 is 0 Å². The molecule has 31 heavy (non-hydrogen) atoms. The van der Waals surface area contributed by atoms with Crippen LogP contribution in [0.1, 0.15) is 28.5 Å². The predicted octanol–water partition coefficient (Wildman–Crippen LogP) is 3.32. The minimum atomic E-state index is -3.82. The number of rotatable bonds is 7. The highest BCUT2D eigenvalue weighted by Crippen LogP contribution is 2.29. The molecule has 1 aromatic heterocycles. The number of carbonyl (C=O) groups excluding carboxylic acids is 2. The van der Waals surface area contributed by atoms with Crippen molar-refractivity contribution in [1.82, 2.24) is 4.57 Å². The number of para-hydroxylation sites is 1. The van der Waals surface area contributed by atoms with Gasteiger partial charge in [-0.3, -0.25) is 13.7 Å². The Hall–Kier alpha value is -3.33. The Morgan fingerprint density at radius 3 is 2.42 bits per heavy atom. The van der Waals surface area contributed by atoms with Crippen molar-refractivity contribution in [2.75, 3.05) is 24.8 Å². The van der Waals surface area contributed by atoms with Crippen molar-refractivity contribution in [1.29, 1.82) is 0 Å². The lowest BCUT2D eigenvalue weighted by Crippen LogP contribution is -2.46. The van der Waals surface area contributed by atoms with Gasteiger partial charge in [0, 0.05) is 17.6 Å². The Morgan fingerprint density at radius 1 is 1.10 bits per heavy atom. The number of hydrogen-bond acceptors (Lipinski definition) is 6. The molecule has 2 aromatic carbocycles. The largest absolute Gasteiger partial charge is 0.497 e. The van der Waals surface area contributed by atoms with E-state index in [1.807, 2.05) is 0 Å². The summed E-state index contributed by atoms with van der Waals surface area (Å²) < 4.78 is 37.9. The van der Waals surface area contributed by atoms with Gasteiger partial charge < -0.3 is 9.47 Å². The third-order valence-electron chi connectivity index (χ3n) is 4.97. The van der Waals surface area contributed by atoms with Crippen LogP contribution in [0.4, 0.5) is 5.69 Å². The average molecular weight is 445 g/mol. The summed E-state index contributed by atoms with van der Waals surface area (Å²) in [6.07, 6.45) is 2.66. The van der Waals surface area contributed by atoms with Crippen LogP contribution in [-0.4, -0.2) is 51.4 Å². The second-order valence-corrected chi connectivity index (χ2v) is 8.80. The van der Waals surface area contributed by atoms with Crippen LogP contribution in [0, 0.1) is 0 Å². The van der Waals surface area contributed by atoms with Crippen molar-refractivity contribution in [3.63, 3.8) is 0 Å². The van der Waals surface area contributed by atoms with E-state index in [1.54, 1.807) is 55.5 Å². The number of esters is 1. The zero-order chi connectivity index (χ0) is 22.8. The molecule has 9 heteroatoms. The highest BCUT2D eigenvalue weighted by molar-refractivity contribution is 7.92. The van der Waals surface area contributed by atoms with Crippen LogP contribution < -0.4 is 9.04 Å². The molecule has 8 nitrogen and oxygen atoms in total. The molecule has 0 spiro atoms. The van der Waals surface area contributed by atoms with Gasteiger partial charge >= 0.3 is 5.97 Å². The molecule has 0 unspecified atom stereocenters.